The molecule has 2 atom stereocenters. The highest BCUT2D eigenvalue weighted by Gasteiger charge is 2.24. The molecule has 94 valence electrons. The SMILES string of the molecule is CSC1CCCCC1Nc1nc(C)ccc1N. The summed E-state index contributed by atoms with van der Waals surface area (Å²) in [7, 11) is 0. The first-order valence-corrected chi connectivity index (χ1v) is 7.52. The van der Waals surface area contributed by atoms with Gasteiger partial charge in [0.25, 0.3) is 0 Å². The van der Waals surface area contributed by atoms with Crippen LogP contribution < -0.4 is 11.1 Å². The second-order valence-electron chi connectivity index (χ2n) is 4.70. The van der Waals surface area contributed by atoms with E-state index in [0.29, 0.717) is 11.3 Å². The Hall–Kier alpha value is -0.900. The van der Waals surface area contributed by atoms with Gasteiger partial charge in [0.05, 0.1) is 5.69 Å². The van der Waals surface area contributed by atoms with Crippen LogP contribution in [-0.2, 0) is 0 Å². The van der Waals surface area contributed by atoms with Crippen molar-refractivity contribution in [2.75, 3.05) is 17.3 Å². The summed E-state index contributed by atoms with van der Waals surface area (Å²) in [6, 6.07) is 4.39. The molecule has 2 rings (SSSR count). The van der Waals surface area contributed by atoms with Crippen molar-refractivity contribution in [2.24, 2.45) is 0 Å². The zero-order chi connectivity index (χ0) is 12.3. The molecule has 0 bridgehead atoms. The number of nitrogen functional groups attached to an aromatic ring is 1. The Morgan fingerprint density at radius 3 is 2.88 bits per heavy atom. The second kappa shape index (κ2) is 5.63. The number of anilines is 2. The summed E-state index contributed by atoms with van der Waals surface area (Å²) in [5, 5.41) is 4.22. The Balaban J connectivity index is 2.10. The maximum Gasteiger partial charge on any atom is 0.149 e. The summed E-state index contributed by atoms with van der Waals surface area (Å²) in [4.78, 5) is 4.49. The van der Waals surface area contributed by atoms with Gasteiger partial charge in [-0.3, -0.25) is 0 Å². The summed E-state index contributed by atoms with van der Waals surface area (Å²) >= 11 is 1.95. The van der Waals surface area contributed by atoms with Crippen LogP contribution in [0.5, 0.6) is 0 Å². The van der Waals surface area contributed by atoms with Gasteiger partial charge >= 0.3 is 0 Å². The molecule has 1 saturated carbocycles. The molecule has 0 spiro atoms. The van der Waals surface area contributed by atoms with E-state index in [2.05, 4.69) is 16.6 Å². The van der Waals surface area contributed by atoms with Crippen LogP contribution in [0.25, 0.3) is 0 Å². The van der Waals surface area contributed by atoms with Crippen molar-refractivity contribution in [2.45, 2.75) is 43.9 Å². The number of thioether (sulfide) groups is 1. The molecule has 1 heterocycles. The van der Waals surface area contributed by atoms with E-state index < -0.39 is 0 Å². The molecule has 4 heteroatoms. The van der Waals surface area contributed by atoms with Gasteiger partial charge in [-0.15, -0.1) is 0 Å². The van der Waals surface area contributed by atoms with E-state index in [1.807, 2.05) is 30.8 Å². The van der Waals surface area contributed by atoms with Gasteiger partial charge in [0.2, 0.25) is 0 Å². The van der Waals surface area contributed by atoms with Crippen LogP contribution in [0, 0.1) is 6.92 Å². The lowest BCUT2D eigenvalue weighted by Crippen LogP contribution is -2.34. The Labute approximate surface area is 108 Å². The zero-order valence-corrected chi connectivity index (χ0v) is 11.4. The lowest BCUT2D eigenvalue weighted by atomic mass is 9.95. The third kappa shape index (κ3) is 3.06. The molecule has 0 radical (unpaired) electrons. The van der Waals surface area contributed by atoms with Crippen LogP contribution >= 0.6 is 11.8 Å². The summed E-state index contributed by atoms with van der Waals surface area (Å²) in [6.07, 6.45) is 7.36. The highest BCUT2D eigenvalue weighted by atomic mass is 32.2. The standard InChI is InChI=1S/C13H21N3S/c1-9-7-8-10(14)13(15-9)16-11-5-3-4-6-12(11)17-2/h7-8,11-12H,3-6,14H2,1-2H3,(H,15,16). The topological polar surface area (TPSA) is 50.9 Å². The first kappa shape index (κ1) is 12.6. The van der Waals surface area contributed by atoms with Crippen molar-refractivity contribution in [3.8, 4) is 0 Å². The number of nitrogens with one attached hydrogen (secondary N) is 1. The smallest absolute Gasteiger partial charge is 0.149 e. The van der Waals surface area contributed by atoms with Crippen LogP contribution in [-0.4, -0.2) is 22.5 Å². The van der Waals surface area contributed by atoms with Crippen LogP contribution in [0.2, 0.25) is 0 Å². The van der Waals surface area contributed by atoms with E-state index in [-0.39, 0.29) is 0 Å². The maximum absolute atomic E-state index is 5.96. The molecule has 3 N–H and O–H groups in total. The Kier molecular flexibility index (Phi) is 4.15. The predicted octanol–water partition coefficient (Wildman–Crippen LogP) is 3.06. The number of pyridine rings is 1. The molecule has 3 nitrogen and oxygen atoms in total. The third-order valence-electron chi connectivity index (χ3n) is 3.39. The minimum atomic E-state index is 0.510. The first-order chi connectivity index (χ1) is 8.20. The van der Waals surface area contributed by atoms with E-state index in [9.17, 15) is 0 Å². The normalized spacial score (nSPS) is 24.6. The van der Waals surface area contributed by atoms with Gasteiger partial charge in [0, 0.05) is 17.0 Å². The largest absolute Gasteiger partial charge is 0.396 e. The fraction of sp³-hybridized carbons (Fsp3) is 0.615. The molecular weight excluding hydrogens is 230 g/mol. The second-order valence-corrected chi connectivity index (χ2v) is 5.78. The predicted molar refractivity (Wildman–Crippen MR) is 76.6 cm³/mol. The van der Waals surface area contributed by atoms with Crippen molar-refractivity contribution in [3.63, 3.8) is 0 Å². The Morgan fingerprint density at radius 1 is 1.35 bits per heavy atom. The average Bonchev–Trinajstić information content (AvgIpc) is 2.34. The van der Waals surface area contributed by atoms with Crippen LogP contribution in [0.4, 0.5) is 11.5 Å². The van der Waals surface area contributed by atoms with E-state index >= 15 is 0 Å². The molecule has 0 saturated heterocycles. The van der Waals surface area contributed by atoms with Crippen molar-refractivity contribution in [3.05, 3.63) is 17.8 Å². The van der Waals surface area contributed by atoms with Crippen LogP contribution in [0.3, 0.4) is 0 Å². The molecule has 0 aliphatic heterocycles. The number of nitrogens with zero attached hydrogens (tertiary/aromatic N) is 1. The summed E-state index contributed by atoms with van der Waals surface area (Å²) in [6.45, 7) is 2.00. The number of aryl methyl sites for hydroxylation is 1. The molecule has 17 heavy (non-hydrogen) atoms. The summed E-state index contributed by atoms with van der Waals surface area (Å²) < 4.78 is 0. The highest BCUT2D eigenvalue weighted by Crippen LogP contribution is 2.30. The Bertz CT molecular complexity index is 381. The average molecular weight is 251 g/mol. The Morgan fingerprint density at radius 2 is 2.12 bits per heavy atom. The highest BCUT2D eigenvalue weighted by molar-refractivity contribution is 7.99. The molecule has 0 aromatic carbocycles. The lowest BCUT2D eigenvalue weighted by molar-refractivity contribution is 0.474. The number of hydrogen-bond donors (Lipinski definition) is 2. The van der Waals surface area contributed by atoms with E-state index in [4.69, 9.17) is 5.73 Å². The van der Waals surface area contributed by atoms with E-state index in [1.165, 1.54) is 25.7 Å². The number of hydrogen-bond acceptors (Lipinski definition) is 4. The maximum atomic E-state index is 5.96. The van der Waals surface area contributed by atoms with Crippen LogP contribution in [0.15, 0.2) is 12.1 Å². The quantitative estimate of drug-likeness (QED) is 0.867. The summed E-state index contributed by atoms with van der Waals surface area (Å²) in [5.41, 5.74) is 7.72. The number of rotatable bonds is 3. The molecule has 1 aliphatic carbocycles. The van der Waals surface area contributed by atoms with Crippen molar-refractivity contribution in [1.82, 2.24) is 4.98 Å². The van der Waals surface area contributed by atoms with Gasteiger partial charge in [-0.1, -0.05) is 12.8 Å². The zero-order valence-electron chi connectivity index (χ0n) is 10.6. The minimum absolute atomic E-state index is 0.510. The van der Waals surface area contributed by atoms with Crippen molar-refractivity contribution in [1.29, 1.82) is 0 Å². The lowest BCUT2D eigenvalue weighted by Gasteiger charge is -2.31. The minimum Gasteiger partial charge on any atom is -0.396 e. The fourth-order valence-corrected chi connectivity index (χ4v) is 3.34. The molecule has 2 unspecified atom stereocenters. The van der Waals surface area contributed by atoms with E-state index in [0.717, 1.165) is 17.2 Å². The number of aromatic nitrogens is 1. The molecule has 1 aromatic rings. The summed E-state index contributed by atoms with van der Waals surface area (Å²) in [5.74, 6) is 0.857. The van der Waals surface area contributed by atoms with Gasteiger partial charge in [0.15, 0.2) is 0 Å². The van der Waals surface area contributed by atoms with Crippen molar-refractivity contribution >= 4 is 23.3 Å². The van der Waals surface area contributed by atoms with Gasteiger partial charge in [0.1, 0.15) is 5.82 Å². The van der Waals surface area contributed by atoms with Gasteiger partial charge in [-0.05, 0) is 38.2 Å². The monoisotopic (exact) mass is 251 g/mol. The first-order valence-electron chi connectivity index (χ1n) is 6.23. The van der Waals surface area contributed by atoms with Gasteiger partial charge < -0.3 is 11.1 Å². The molecular formula is C13H21N3S. The third-order valence-corrected chi connectivity index (χ3v) is 4.56. The molecule has 0 amide bonds. The van der Waals surface area contributed by atoms with Crippen LogP contribution in [0.1, 0.15) is 31.4 Å². The molecule has 1 aliphatic rings. The molecule has 1 fully saturated rings. The van der Waals surface area contributed by atoms with Gasteiger partial charge in [-0.2, -0.15) is 11.8 Å². The fourth-order valence-electron chi connectivity index (χ4n) is 2.40. The molecule has 1 aromatic heterocycles. The van der Waals surface area contributed by atoms with Crippen molar-refractivity contribution < 1.29 is 0 Å². The van der Waals surface area contributed by atoms with Gasteiger partial charge in [-0.25, -0.2) is 4.98 Å². The number of nitrogens with two attached hydrogens (primary N) is 1. The van der Waals surface area contributed by atoms with E-state index in [1.54, 1.807) is 0 Å².